The van der Waals surface area contributed by atoms with Crippen LogP contribution < -0.4 is 0 Å². The number of unbranched alkanes of at least 4 members (excludes halogenated alkanes) is 10. The molecule has 0 heterocycles. The van der Waals surface area contributed by atoms with Gasteiger partial charge in [0.05, 0.1) is 12.7 Å². The van der Waals surface area contributed by atoms with Crippen molar-refractivity contribution < 1.29 is 10.2 Å². The molecule has 0 saturated carbocycles. The average molecular weight is 315 g/mol. The smallest absolute Gasteiger partial charge is 0.0770 e. The van der Waals surface area contributed by atoms with Crippen LogP contribution in [0.2, 0.25) is 0 Å². The van der Waals surface area contributed by atoms with Crippen molar-refractivity contribution in [2.45, 2.75) is 116 Å². The van der Waals surface area contributed by atoms with E-state index in [1.54, 1.807) is 0 Å². The van der Waals surface area contributed by atoms with E-state index in [4.69, 9.17) is 5.11 Å². The zero-order chi connectivity index (χ0) is 16.5. The normalized spacial score (nSPS) is 14.2. The molecule has 22 heavy (non-hydrogen) atoms. The van der Waals surface area contributed by atoms with E-state index in [2.05, 4.69) is 13.8 Å². The van der Waals surface area contributed by atoms with Gasteiger partial charge >= 0.3 is 0 Å². The van der Waals surface area contributed by atoms with Crippen LogP contribution in [0.25, 0.3) is 0 Å². The lowest BCUT2D eigenvalue weighted by Crippen LogP contribution is -2.11. The van der Waals surface area contributed by atoms with E-state index < -0.39 is 6.10 Å². The van der Waals surface area contributed by atoms with Gasteiger partial charge in [0, 0.05) is 0 Å². The van der Waals surface area contributed by atoms with E-state index in [1.807, 2.05) is 0 Å². The Hall–Kier alpha value is -0.0800. The molecule has 2 N–H and O–H groups in total. The van der Waals surface area contributed by atoms with Crippen molar-refractivity contribution in [3.8, 4) is 0 Å². The van der Waals surface area contributed by atoms with Crippen molar-refractivity contribution in [1.29, 1.82) is 0 Å². The Labute approximate surface area is 139 Å². The molecule has 2 nitrogen and oxygen atoms in total. The van der Waals surface area contributed by atoms with Crippen LogP contribution in [0.15, 0.2) is 0 Å². The molecule has 0 aliphatic carbocycles. The van der Waals surface area contributed by atoms with Gasteiger partial charge in [-0.2, -0.15) is 0 Å². The Bertz CT molecular complexity index is 206. The molecule has 0 amide bonds. The fourth-order valence-corrected chi connectivity index (χ4v) is 3.09. The van der Waals surface area contributed by atoms with E-state index >= 15 is 0 Å². The Morgan fingerprint density at radius 3 is 1.50 bits per heavy atom. The van der Waals surface area contributed by atoms with E-state index in [0.717, 1.165) is 18.8 Å². The number of hydrogen-bond donors (Lipinski definition) is 2. The molecule has 0 aromatic rings. The van der Waals surface area contributed by atoms with Crippen molar-refractivity contribution in [3.63, 3.8) is 0 Å². The van der Waals surface area contributed by atoms with Gasteiger partial charge in [-0.1, -0.05) is 104 Å². The second-order valence-corrected chi connectivity index (χ2v) is 7.20. The van der Waals surface area contributed by atoms with Gasteiger partial charge in [0.25, 0.3) is 0 Å². The molecular weight excluding hydrogens is 272 g/mol. The topological polar surface area (TPSA) is 40.5 Å². The van der Waals surface area contributed by atoms with Crippen molar-refractivity contribution in [2.75, 3.05) is 6.61 Å². The van der Waals surface area contributed by atoms with Gasteiger partial charge < -0.3 is 10.2 Å². The van der Waals surface area contributed by atoms with Gasteiger partial charge in [0.1, 0.15) is 0 Å². The highest BCUT2D eigenvalue weighted by atomic mass is 16.3. The Kier molecular flexibility index (Phi) is 17.2. The highest BCUT2D eigenvalue weighted by molar-refractivity contribution is 4.57. The highest BCUT2D eigenvalue weighted by Gasteiger charge is 2.03. The Balaban J connectivity index is 3.18. The zero-order valence-electron chi connectivity index (χ0n) is 15.4. The first-order chi connectivity index (χ1) is 10.7. The van der Waals surface area contributed by atoms with Gasteiger partial charge in [-0.15, -0.1) is 0 Å². The summed E-state index contributed by atoms with van der Waals surface area (Å²) in [5, 5.41) is 18.0. The van der Waals surface area contributed by atoms with Gasteiger partial charge in [-0.25, -0.2) is 0 Å². The summed E-state index contributed by atoms with van der Waals surface area (Å²) in [6.45, 7) is 4.59. The first kappa shape index (κ1) is 21.9. The van der Waals surface area contributed by atoms with Gasteiger partial charge in [-0.05, 0) is 12.3 Å². The molecule has 0 aromatic carbocycles. The first-order valence-electron chi connectivity index (χ1n) is 9.99. The molecule has 2 heteroatoms. The minimum absolute atomic E-state index is 0.0877. The molecule has 0 bridgehead atoms. The lowest BCUT2D eigenvalue weighted by atomic mass is 9.96. The van der Waals surface area contributed by atoms with Gasteiger partial charge in [0.2, 0.25) is 0 Å². The summed E-state index contributed by atoms with van der Waals surface area (Å²) in [6.07, 6.45) is 19.2. The fourth-order valence-electron chi connectivity index (χ4n) is 3.09. The maximum Gasteiger partial charge on any atom is 0.0770 e. The molecule has 0 aliphatic rings. The van der Waals surface area contributed by atoms with Crippen LogP contribution in [0, 0.1) is 5.92 Å². The summed E-state index contributed by atoms with van der Waals surface area (Å²) < 4.78 is 0. The monoisotopic (exact) mass is 314 g/mol. The molecule has 134 valence electrons. The standard InChI is InChI=1S/C20H42O2/c1-3-4-5-6-7-8-9-12-15-19(2)16-13-10-11-14-17-20(22)18-21/h19-22H,3-18H2,1-2H3. The molecule has 0 spiro atoms. The first-order valence-corrected chi connectivity index (χ1v) is 9.99. The summed E-state index contributed by atoms with van der Waals surface area (Å²) in [6, 6.07) is 0. The highest BCUT2D eigenvalue weighted by Crippen LogP contribution is 2.18. The van der Waals surface area contributed by atoms with Crippen molar-refractivity contribution >= 4 is 0 Å². The lowest BCUT2D eigenvalue weighted by molar-refractivity contribution is 0.0860. The van der Waals surface area contributed by atoms with Crippen molar-refractivity contribution in [1.82, 2.24) is 0 Å². The Morgan fingerprint density at radius 1 is 0.636 bits per heavy atom. The SMILES string of the molecule is CCCCCCCCCCC(C)CCCCCCC(O)CO. The van der Waals surface area contributed by atoms with Crippen LogP contribution in [0.5, 0.6) is 0 Å². The van der Waals surface area contributed by atoms with Crippen molar-refractivity contribution in [2.24, 2.45) is 5.92 Å². The molecule has 0 aromatic heterocycles. The summed E-state index contributed by atoms with van der Waals surface area (Å²) in [5.41, 5.74) is 0. The van der Waals surface area contributed by atoms with E-state index in [9.17, 15) is 5.11 Å². The quantitative estimate of drug-likeness (QED) is 0.331. The van der Waals surface area contributed by atoms with Gasteiger partial charge in [0.15, 0.2) is 0 Å². The summed E-state index contributed by atoms with van der Waals surface area (Å²) in [5.74, 6) is 0.878. The lowest BCUT2D eigenvalue weighted by Gasteiger charge is -2.11. The van der Waals surface area contributed by atoms with Crippen LogP contribution in [0.3, 0.4) is 0 Å². The molecule has 0 rings (SSSR count). The molecule has 0 saturated heterocycles. The third kappa shape index (κ3) is 16.3. The third-order valence-electron chi connectivity index (χ3n) is 4.75. The zero-order valence-corrected chi connectivity index (χ0v) is 15.4. The number of aliphatic hydroxyl groups is 2. The summed E-state index contributed by atoms with van der Waals surface area (Å²) in [7, 11) is 0. The largest absolute Gasteiger partial charge is 0.394 e. The summed E-state index contributed by atoms with van der Waals surface area (Å²) >= 11 is 0. The second-order valence-electron chi connectivity index (χ2n) is 7.20. The second kappa shape index (κ2) is 17.3. The van der Waals surface area contributed by atoms with Crippen LogP contribution in [-0.4, -0.2) is 22.9 Å². The van der Waals surface area contributed by atoms with E-state index in [0.29, 0.717) is 0 Å². The molecule has 2 unspecified atom stereocenters. The summed E-state index contributed by atoms with van der Waals surface area (Å²) in [4.78, 5) is 0. The predicted molar refractivity (Wildman–Crippen MR) is 97.2 cm³/mol. The van der Waals surface area contributed by atoms with Crippen LogP contribution in [-0.2, 0) is 0 Å². The van der Waals surface area contributed by atoms with E-state index in [-0.39, 0.29) is 6.61 Å². The maximum absolute atomic E-state index is 9.25. The minimum Gasteiger partial charge on any atom is -0.394 e. The Morgan fingerprint density at radius 2 is 1.05 bits per heavy atom. The number of rotatable bonds is 17. The van der Waals surface area contributed by atoms with Crippen LogP contribution in [0.1, 0.15) is 110 Å². The fraction of sp³-hybridized carbons (Fsp3) is 1.00. The number of hydrogen-bond acceptors (Lipinski definition) is 2. The number of aliphatic hydroxyl groups excluding tert-OH is 2. The third-order valence-corrected chi connectivity index (χ3v) is 4.75. The molecule has 2 atom stereocenters. The van der Waals surface area contributed by atoms with Crippen LogP contribution in [0.4, 0.5) is 0 Å². The van der Waals surface area contributed by atoms with E-state index in [1.165, 1.54) is 83.5 Å². The van der Waals surface area contributed by atoms with Crippen molar-refractivity contribution in [3.05, 3.63) is 0 Å². The molecule has 0 fully saturated rings. The minimum atomic E-state index is -0.499. The molecule has 0 aliphatic heterocycles. The predicted octanol–water partition coefficient (Wildman–Crippen LogP) is 5.85. The van der Waals surface area contributed by atoms with Crippen LogP contribution >= 0.6 is 0 Å². The maximum atomic E-state index is 9.25. The van der Waals surface area contributed by atoms with Gasteiger partial charge in [-0.3, -0.25) is 0 Å². The molecule has 0 radical (unpaired) electrons. The molecular formula is C20H42O2. The average Bonchev–Trinajstić information content (AvgIpc) is 2.52.